The number of nitro groups is 1. The Labute approximate surface area is 195 Å². The molecule has 33 heavy (non-hydrogen) atoms. The van der Waals surface area contributed by atoms with E-state index in [1.54, 1.807) is 21.9 Å². The van der Waals surface area contributed by atoms with Gasteiger partial charge >= 0.3 is 6.09 Å². The van der Waals surface area contributed by atoms with Crippen LogP contribution in [0.25, 0.3) is 0 Å². The lowest BCUT2D eigenvalue weighted by Crippen LogP contribution is -2.51. The maximum Gasteiger partial charge on any atom is 0.410 e. The van der Waals surface area contributed by atoms with Gasteiger partial charge in [-0.15, -0.1) is 0 Å². The standard InChI is InChI=1S/C23H35N5O5/c1-17(2)24-8-10-25(11-9-24)19-7-6-18(16-20(19)28(31)32)21(29)26-12-14-27(15-13-26)22(30)33-23(3,4)5/h6-7,16-17H,8-15H2,1-5H3. The first-order chi connectivity index (χ1) is 15.5. The molecule has 3 rings (SSSR count). The lowest BCUT2D eigenvalue weighted by molar-refractivity contribution is -0.384. The van der Waals surface area contributed by atoms with Gasteiger partial charge in [0.05, 0.1) is 4.92 Å². The number of piperazine rings is 2. The minimum Gasteiger partial charge on any atom is -0.444 e. The van der Waals surface area contributed by atoms with E-state index in [0.717, 1.165) is 13.1 Å². The summed E-state index contributed by atoms with van der Waals surface area (Å²) in [5, 5.41) is 11.8. The highest BCUT2D eigenvalue weighted by molar-refractivity contribution is 5.96. The van der Waals surface area contributed by atoms with Crippen molar-refractivity contribution in [3.8, 4) is 0 Å². The Morgan fingerprint density at radius 1 is 0.970 bits per heavy atom. The number of nitro benzene ring substituents is 1. The van der Waals surface area contributed by atoms with E-state index in [1.807, 2.05) is 25.7 Å². The Bertz CT molecular complexity index is 882. The summed E-state index contributed by atoms with van der Waals surface area (Å²) in [5.41, 5.74) is 0.213. The molecule has 2 fully saturated rings. The number of nitrogens with zero attached hydrogens (tertiary/aromatic N) is 5. The molecule has 0 unspecified atom stereocenters. The van der Waals surface area contributed by atoms with Crippen LogP contribution in [0.1, 0.15) is 45.0 Å². The minimum atomic E-state index is -0.577. The third kappa shape index (κ3) is 6.13. The van der Waals surface area contributed by atoms with Crippen LogP contribution in [0.5, 0.6) is 0 Å². The van der Waals surface area contributed by atoms with E-state index >= 15 is 0 Å². The second kappa shape index (κ2) is 9.94. The molecule has 2 saturated heterocycles. The van der Waals surface area contributed by atoms with Crippen molar-refractivity contribution in [1.82, 2.24) is 14.7 Å². The lowest BCUT2D eigenvalue weighted by Gasteiger charge is -2.38. The molecule has 0 atom stereocenters. The van der Waals surface area contributed by atoms with Crippen LogP contribution in [0, 0.1) is 10.1 Å². The Kier molecular flexibility index (Phi) is 7.46. The fraction of sp³-hybridized carbons (Fsp3) is 0.652. The molecule has 0 N–H and O–H groups in total. The third-order valence-corrected chi connectivity index (χ3v) is 6.02. The predicted molar refractivity (Wildman–Crippen MR) is 126 cm³/mol. The molecule has 0 aliphatic carbocycles. The van der Waals surface area contributed by atoms with E-state index in [0.29, 0.717) is 51.0 Å². The number of hydrogen-bond donors (Lipinski definition) is 0. The maximum absolute atomic E-state index is 13.0. The first-order valence-electron chi connectivity index (χ1n) is 11.5. The number of amides is 2. The number of anilines is 1. The SMILES string of the molecule is CC(C)N1CCN(c2ccc(C(=O)N3CCN(C(=O)OC(C)(C)C)CC3)cc2[N+](=O)[O-])CC1. The van der Waals surface area contributed by atoms with Gasteiger partial charge in [0.2, 0.25) is 0 Å². The molecular formula is C23H35N5O5. The third-order valence-electron chi connectivity index (χ3n) is 6.02. The van der Waals surface area contributed by atoms with Crippen LogP contribution in [0.4, 0.5) is 16.2 Å². The van der Waals surface area contributed by atoms with Crippen molar-refractivity contribution in [2.45, 2.75) is 46.3 Å². The zero-order valence-electron chi connectivity index (χ0n) is 20.2. The molecule has 10 nitrogen and oxygen atoms in total. The van der Waals surface area contributed by atoms with Crippen LogP contribution < -0.4 is 4.90 Å². The topological polar surface area (TPSA) is 99.5 Å². The van der Waals surface area contributed by atoms with Crippen LogP contribution >= 0.6 is 0 Å². The van der Waals surface area contributed by atoms with E-state index < -0.39 is 16.6 Å². The Morgan fingerprint density at radius 3 is 2.06 bits per heavy atom. The number of ether oxygens (including phenoxy) is 1. The van der Waals surface area contributed by atoms with Crippen LogP contribution in [0.2, 0.25) is 0 Å². The molecule has 0 radical (unpaired) electrons. The summed E-state index contributed by atoms with van der Waals surface area (Å²) in [6, 6.07) is 5.18. The monoisotopic (exact) mass is 461 g/mol. The van der Waals surface area contributed by atoms with Crippen molar-refractivity contribution in [2.24, 2.45) is 0 Å². The quantitative estimate of drug-likeness (QED) is 0.502. The van der Waals surface area contributed by atoms with E-state index in [4.69, 9.17) is 4.74 Å². The first-order valence-corrected chi connectivity index (χ1v) is 11.5. The molecule has 0 saturated carbocycles. The Hall–Kier alpha value is -2.88. The van der Waals surface area contributed by atoms with Crippen molar-refractivity contribution in [2.75, 3.05) is 57.3 Å². The van der Waals surface area contributed by atoms with E-state index in [1.165, 1.54) is 6.07 Å². The molecule has 1 aromatic rings. The van der Waals surface area contributed by atoms with Gasteiger partial charge in [0, 0.05) is 70.0 Å². The molecular weight excluding hydrogens is 426 g/mol. The van der Waals surface area contributed by atoms with Gasteiger partial charge in [-0.1, -0.05) is 0 Å². The average Bonchev–Trinajstić information content (AvgIpc) is 2.77. The average molecular weight is 462 g/mol. The second-order valence-electron chi connectivity index (χ2n) is 9.84. The molecule has 0 spiro atoms. The fourth-order valence-electron chi connectivity index (χ4n) is 4.15. The van der Waals surface area contributed by atoms with Crippen molar-refractivity contribution < 1.29 is 19.2 Å². The van der Waals surface area contributed by atoms with Gasteiger partial charge in [-0.2, -0.15) is 0 Å². The molecule has 2 aliphatic rings. The largest absolute Gasteiger partial charge is 0.444 e. The molecule has 1 aromatic carbocycles. The van der Waals surface area contributed by atoms with Crippen LogP contribution in [-0.4, -0.2) is 95.6 Å². The summed E-state index contributed by atoms with van der Waals surface area (Å²) in [6.07, 6.45) is -0.396. The van der Waals surface area contributed by atoms with Gasteiger partial charge in [-0.3, -0.25) is 19.8 Å². The van der Waals surface area contributed by atoms with E-state index in [-0.39, 0.29) is 17.2 Å². The van der Waals surface area contributed by atoms with Crippen LogP contribution in [0.3, 0.4) is 0 Å². The number of rotatable bonds is 4. The highest BCUT2D eigenvalue weighted by Crippen LogP contribution is 2.31. The van der Waals surface area contributed by atoms with Gasteiger partial charge in [-0.05, 0) is 46.8 Å². The predicted octanol–water partition coefficient (Wildman–Crippen LogP) is 2.82. The molecule has 10 heteroatoms. The van der Waals surface area contributed by atoms with Crippen LogP contribution in [-0.2, 0) is 4.74 Å². The summed E-state index contributed by atoms with van der Waals surface area (Å²) in [4.78, 5) is 44.2. The van der Waals surface area contributed by atoms with E-state index in [2.05, 4.69) is 18.7 Å². The number of hydrogen-bond acceptors (Lipinski definition) is 7. The lowest BCUT2D eigenvalue weighted by atomic mass is 10.1. The number of carbonyl (C=O) groups is 2. The normalized spacial score (nSPS) is 17.9. The van der Waals surface area contributed by atoms with Gasteiger partial charge in [-0.25, -0.2) is 4.79 Å². The summed E-state index contributed by atoms with van der Waals surface area (Å²) >= 11 is 0. The van der Waals surface area contributed by atoms with Gasteiger partial charge < -0.3 is 19.4 Å². The molecule has 2 aliphatic heterocycles. The summed E-state index contributed by atoms with van der Waals surface area (Å²) in [6.45, 7) is 14.3. The molecule has 0 aromatic heterocycles. The molecule has 0 bridgehead atoms. The van der Waals surface area contributed by atoms with Crippen molar-refractivity contribution in [3.05, 3.63) is 33.9 Å². The fourth-order valence-corrected chi connectivity index (χ4v) is 4.15. The van der Waals surface area contributed by atoms with E-state index in [9.17, 15) is 19.7 Å². The zero-order valence-corrected chi connectivity index (χ0v) is 20.2. The summed E-state index contributed by atoms with van der Waals surface area (Å²) in [5.74, 6) is -0.266. The van der Waals surface area contributed by atoms with Crippen LogP contribution in [0.15, 0.2) is 18.2 Å². The molecule has 2 heterocycles. The zero-order chi connectivity index (χ0) is 24.3. The smallest absolute Gasteiger partial charge is 0.410 e. The summed E-state index contributed by atoms with van der Waals surface area (Å²) < 4.78 is 5.39. The van der Waals surface area contributed by atoms with Gasteiger partial charge in [0.1, 0.15) is 11.3 Å². The highest BCUT2D eigenvalue weighted by Gasteiger charge is 2.30. The minimum absolute atomic E-state index is 0.0498. The van der Waals surface area contributed by atoms with Crippen molar-refractivity contribution >= 4 is 23.4 Å². The first kappa shape index (κ1) is 24.8. The second-order valence-corrected chi connectivity index (χ2v) is 9.84. The molecule has 2 amide bonds. The molecule has 182 valence electrons. The summed E-state index contributed by atoms with van der Waals surface area (Å²) in [7, 11) is 0. The Balaban J connectivity index is 1.66. The number of benzene rings is 1. The van der Waals surface area contributed by atoms with Crippen molar-refractivity contribution in [1.29, 1.82) is 0 Å². The van der Waals surface area contributed by atoms with Gasteiger partial charge in [0.25, 0.3) is 11.6 Å². The number of carbonyl (C=O) groups excluding carboxylic acids is 2. The highest BCUT2D eigenvalue weighted by atomic mass is 16.6. The van der Waals surface area contributed by atoms with Crippen molar-refractivity contribution in [3.63, 3.8) is 0 Å². The maximum atomic E-state index is 13.0. The van der Waals surface area contributed by atoms with Gasteiger partial charge in [0.15, 0.2) is 0 Å². The Morgan fingerprint density at radius 2 is 1.55 bits per heavy atom.